The molecule has 7 nitrogen and oxygen atoms in total. The standard InChI is InChI=1S/C14H21N5O2/c1-4-19-12-10(13(20)18(3)14(19)21)17(2)11(16-12)9-5-7-15-8-6-9/h9,15H,4-8H2,1-3H3. The van der Waals surface area contributed by atoms with Crippen molar-refractivity contribution in [3.05, 3.63) is 26.7 Å². The van der Waals surface area contributed by atoms with E-state index in [0.717, 1.165) is 31.8 Å². The first-order valence-electron chi connectivity index (χ1n) is 7.43. The molecule has 0 aliphatic carbocycles. The number of fused-ring (bicyclic) bond motifs is 1. The highest BCUT2D eigenvalue weighted by Gasteiger charge is 2.24. The number of aromatic nitrogens is 4. The van der Waals surface area contributed by atoms with Crippen molar-refractivity contribution in [1.29, 1.82) is 0 Å². The minimum absolute atomic E-state index is 0.269. The predicted molar refractivity (Wildman–Crippen MR) is 80.7 cm³/mol. The third kappa shape index (κ3) is 2.03. The molecule has 1 saturated heterocycles. The fourth-order valence-corrected chi connectivity index (χ4v) is 3.18. The summed E-state index contributed by atoms with van der Waals surface area (Å²) in [4.78, 5) is 29.3. The molecule has 0 spiro atoms. The molecule has 0 bridgehead atoms. The molecule has 0 aromatic carbocycles. The second-order valence-corrected chi connectivity index (χ2v) is 5.62. The van der Waals surface area contributed by atoms with Gasteiger partial charge in [0, 0.05) is 26.6 Å². The Morgan fingerprint density at radius 1 is 1.19 bits per heavy atom. The maximum Gasteiger partial charge on any atom is 0.332 e. The Kier molecular flexibility index (Phi) is 3.44. The molecule has 2 aromatic heterocycles. The van der Waals surface area contributed by atoms with Crippen LogP contribution in [0.25, 0.3) is 11.2 Å². The SMILES string of the molecule is CCn1c(=O)n(C)c(=O)c2c1nc(C1CCNCC1)n2C. The zero-order chi connectivity index (χ0) is 15.1. The molecule has 7 heteroatoms. The number of imidazole rings is 1. The third-order valence-electron chi connectivity index (χ3n) is 4.41. The van der Waals surface area contributed by atoms with Gasteiger partial charge in [-0.3, -0.25) is 13.9 Å². The molecule has 0 unspecified atom stereocenters. The van der Waals surface area contributed by atoms with E-state index < -0.39 is 0 Å². The van der Waals surface area contributed by atoms with Gasteiger partial charge >= 0.3 is 5.69 Å². The van der Waals surface area contributed by atoms with Gasteiger partial charge in [-0.2, -0.15) is 0 Å². The van der Waals surface area contributed by atoms with Gasteiger partial charge in [-0.05, 0) is 32.9 Å². The topological polar surface area (TPSA) is 73.8 Å². The molecule has 1 aliphatic heterocycles. The quantitative estimate of drug-likeness (QED) is 0.840. The lowest BCUT2D eigenvalue weighted by Gasteiger charge is -2.21. The monoisotopic (exact) mass is 291 g/mol. The van der Waals surface area contributed by atoms with Crippen LogP contribution in [0.3, 0.4) is 0 Å². The molecule has 0 radical (unpaired) electrons. The van der Waals surface area contributed by atoms with Gasteiger partial charge in [-0.25, -0.2) is 9.78 Å². The molecule has 1 N–H and O–H groups in total. The Balaban J connectivity index is 2.31. The molecule has 2 aromatic rings. The summed E-state index contributed by atoms with van der Waals surface area (Å²) in [5.74, 6) is 1.25. The van der Waals surface area contributed by atoms with E-state index in [-0.39, 0.29) is 11.2 Å². The average molecular weight is 291 g/mol. The fraction of sp³-hybridized carbons (Fsp3) is 0.643. The fourth-order valence-electron chi connectivity index (χ4n) is 3.18. The summed E-state index contributed by atoms with van der Waals surface area (Å²) in [7, 11) is 3.39. The summed E-state index contributed by atoms with van der Waals surface area (Å²) in [6.07, 6.45) is 2.02. The summed E-state index contributed by atoms with van der Waals surface area (Å²) < 4.78 is 4.61. The second-order valence-electron chi connectivity index (χ2n) is 5.62. The lowest BCUT2D eigenvalue weighted by atomic mass is 9.97. The number of nitrogens with one attached hydrogen (secondary N) is 1. The van der Waals surface area contributed by atoms with E-state index in [1.807, 2.05) is 18.5 Å². The second kappa shape index (κ2) is 5.14. The smallest absolute Gasteiger partial charge is 0.325 e. The Hall–Kier alpha value is -1.89. The van der Waals surface area contributed by atoms with E-state index in [2.05, 4.69) is 10.3 Å². The number of aryl methyl sites for hydroxylation is 2. The van der Waals surface area contributed by atoms with Crippen molar-refractivity contribution in [3.63, 3.8) is 0 Å². The normalized spacial score (nSPS) is 16.7. The lowest BCUT2D eigenvalue weighted by Crippen LogP contribution is -2.38. The maximum absolute atomic E-state index is 12.4. The molecule has 0 saturated carbocycles. The summed E-state index contributed by atoms with van der Waals surface area (Å²) in [6, 6.07) is 0. The first-order valence-corrected chi connectivity index (χ1v) is 7.43. The molecular weight excluding hydrogens is 270 g/mol. The molecule has 0 atom stereocenters. The van der Waals surface area contributed by atoms with E-state index in [1.165, 1.54) is 11.6 Å². The van der Waals surface area contributed by atoms with Crippen LogP contribution in [-0.4, -0.2) is 31.8 Å². The van der Waals surface area contributed by atoms with Gasteiger partial charge in [0.15, 0.2) is 11.2 Å². The van der Waals surface area contributed by atoms with Crippen LogP contribution >= 0.6 is 0 Å². The van der Waals surface area contributed by atoms with Crippen molar-refractivity contribution in [2.24, 2.45) is 14.1 Å². The molecular formula is C14H21N5O2. The third-order valence-corrected chi connectivity index (χ3v) is 4.41. The van der Waals surface area contributed by atoms with Gasteiger partial charge in [-0.15, -0.1) is 0 Å². The highest BCUT2D eigenvalue weighted by atomic mass is 16.2. The number of hydrogen-bond acceptors (Lipinski definition) is 4. The van der Waals surface area contributed by atoms with Crippen LogP contribution in [0.4, 0.5) is 0 Å². The van der Waals surface area contributed by atoms with Crippen LogP contribution in [0, 0.1) is 0 Å². The summed E-state index contributed by atoms with van der Waals surface area (Å²) in [5, 5.41) is 3.33. The van der Waals surface area contributed by atoms with E-state index >= 15 is 0 Å². The van der Waals surface area contributed by atoms with Crippen LogP contribution in [0.1, 0.15) is 31.5 Å². The van der Waals surface area contributed by atoms with Gasteiger partial charge in [0.05, 0.1) is 0 Å². The minimum Gasteiger partial charge on any atom is -0.325 e. The molecule has 21 heavy (non-hydrogen) atoms. The molecule has 0 amide bonds. The highest BCUT2D eigenvalue weighted by Crippen LogP contribution is 2.25. The van der Waals surface area contributed by atoms with Crippen LogP contribution < -0.4 is 16.6 Å². The van der Waals surface area contributed by atoms with Crippen molar-refractivity contribution in [1.82, 2.24) is 24.0 Å². The van der Waals surface area contributed by atoms with E-state index in [0.29, 0.717) is 23.6 Å². The predicted octanol–water partition coefficient (Wildman–Crippen LogP) is -0.0794. The average Bonchev–Trinajstić information content (AvgIpc) is 2.84. The van der Waals surface area contributed by atoms with Crippen LogP contribution in [0.15, 0.2) is 9.59 Å². The van der Waals surface area contributed by atoms with Crippen molar-refractivity contribution in [2.45, 2.75) is 32.2 Å². The zero-order valence-corrected chi connectivity index (χ0v) is 12.7. The Bertz CT molecular complexity index is 792. The number of nitrogens with zero attached hydrogens (tertiary/aromatic N) is 4. The summed E-state index contributed by atoms with van der Waals surface area (Å²) >= 11 is 0. The van der Waals surface area contributed by atoms with E-state index in [1.54, 1.807) is 4.57 Å². The molecule has 1 aliphatic rings. The number of piperidine rings is 1. The minimum atomic E-state index is -0.301. The first-order chi connectivity index (χ1) is 10.1. The summed E-state index contributed by atoms with van der Waals surface area (Å²) in [6.45, 7) is 4.33. The van der Waals surface area contributed by atoms with Crippen molar-refractivity contribution in [2.75, 3.05) is 13.1 Å². The van der Waals surface area contributed by atoms with Gasteiger partial charge < -0.3 is 9.88 Å². The number of hydrogen-bond donors (Lipinski definition) is 1. The van der Waals surface area contributed by atoms with E-state index in [4.69, 9.17) is 0 Å². The van der Waals surface area contributed by atoms with Gasteiger partial charge in [0.25, 0.3) is 5.56 Å². The molecule has 114 valence electrons. The van der Waals surface area contributed by atoms with Gasteiger partial charge in [-0.1, -0.05) is 0 Å². The molecule has 3 heterocycles. The maximum atomic E-state index is 12.4. The highest BCUT2D eigenvalue weighted by molar-refractivity contribution is 5.71. The zero-order valence-electron chi connectivity index (χ0n) is 12.7. The first kappa shape index (κ1) is 14.1. The van der Waals surface area contributed by atoms with Crippen LogP contribution in [0.2, 0.25) is 0 Å². The largest absolute Gasteiger partial charge is 0.332 e. The van der Waals surface area contributed by atoms with Gasteiger partial charge in [0.1, 0.15) is 5.82 Å². The van der Waals surface area contributed by atoms with Crippen LogP contribution in [0.5, 0.6) is 0 Å². The van der Waals surface area contributed by atoms with Gasteiger partial charge in [0.2, 0.25) is 0 Å². The van der Waals surface area contributed by atoms with E-state index in [9.17, 15) is 9.59 Å². The Morgan fingerprint density at radius 3 is 2.48 bits per heavy atom. The summed E-state index contributed by atoms with van der Waals surface area (Å²) in [5.41, 5.74) is 0.467. The van der Waals surface area contributed by atoms with Crippen molar-refractivity contribution >= 4 is 11.2 Å². The van der Waals surface area contributed by atoms with Crippen LogP contribution in [-0.2, 0) is 20.6 Å². The number of rotatable bonds is 2. The van der Waals surface area contributed by atoms with Crippen molar-refractivity contribution < 1.29 is 0 Å². The Morgan fingerprint density at radius 2 is 1.86 bits per heavy atom. The van der Waals surface area contributed by atoms with Crippen molar-refractivity contribution in [3.8, 4) is 0 Å². The Labute approximate surface area is 122 Å². The molecule has 1 fully saturated rings. The lowest BCUT2D eigenvalue weighted by molar-refractivity contribution is 0.438. The molecule has 3 rings (SSSR count).